The van der Waals surface area contributed by atoms with Crippen LogP contribution in [0.25, 0.3) is 33.0 Å². The van der Waals surface area contributed by atoms with Gasteiger partial charge in [-0.05, 0) is 75.0 Å². The SMILES string of the molecule is O=C(OCc1ccccn1)c1ccc2c(c1)-c1ccc(COCc3ccccn3)c3cccc-2c13. The van der Waals surface area contributed by atoms with E-state index >= 15 is 0 Å². The molecular weight excluding hydrogens is 436 g/mol. The normalized spacial score (nSPS) is 11.4. The van der Waals surface area contributed by atoms with E-state index in [1.807, 2.05) is 54.6 Å². The molecule has 1 aliphatic rings. The molecule has 5 heteroatoms. The molecule has 0 unspecified atom stereocenters. The first kappa shape index (κ1) is 21.2. The van der Waals surface area contributed by atoms with Gasteiger partial charge in [-0.2, -0.15) is 0 Å². The highest BCUT2D eigenvalue weighted by Crippen LogP contribution is 2.48. The summed E-state index contributed by atoms with van der Waals surface area (Å²) in [5.74, 6) is -0.356. The van der Waals surface area contributed by atoms with E-state index in [4.69, 9.17) is 9.47 Å². The maximum atomic E-state index is 12.8. The van der Waals surface area contributed by atoms with Crippen molar-refractivity contribution in [2.24, 2.45) is 0 Å². The van der Waals surface area contributed by atoms with Crippen molar-refractivity contribution >= 4 is 16.7 Å². The van der Waals surface area contributed by atoms with Gasteiger partial charge in [0, 0.05) is 12.4 Å². The molecular formula is C30H22N2O3. The lowest BCUT2D eigenvalue weighted by molar-refractivity contribution is 0.0468. The van der Waals surface area contributed by atoms with Crippen LogP contribution in [0.5, 0.6) is 0 Å². The molecule has 3 aromatic carbocycles. The summed E-state index contributed by atoms with van der Waals surface area (Å²) in [6.07, 6.45) is 3.46. The molecule has 6 rings (SSSR count). The Kier molecular flexibility index (Phi) is 5.53. The van der Waals surface area contributed by atoms with Gasteiger partial charge in [0.1, 0.15) is 6.61 Å². The van der Waals surface area contributed by atoms with Gasteiger partial charge in [-0.25, -0.2) is 4.79 Å². The fourth-order valence-electron chi connectivity index (χ4n) is 4.63. The second-order valence-corrected chi connectivity index (χ2v) is 8.47. The first-order valence-electron chi connectivity index (χ1n) is 11.5. The molecule has 0 amide bonds. The third-order valence-corrected chi connectivity index (χ3v) is 6.28. The first-order valence-corrected chi connectivity index (χ1v) is 11.5. The number of nitrogens with zero attached hydrogens (tertiary/aromatic N) is 2. The third kappa shape index (κ3) is 4.07. The molecule has 1 aliphatic carbocycles. The van der Waals surface area contributed by atoms with E-state index in [2.05, 4.69) is 40.3 Å². The predicted molar refractivity (Wildman–Crippen MR) is 134 cm³/mol. The van der Waals surface area contributed by atoms with Crippen molar-refractivity contribution in [2.45, 2.75) is 19.8 Å². The number of esters is 1. The Morgan fingerprint density at radius 3 is 2.17 bits per heavy atom. The van der Waals surface area contributed by atoms with Crippen molar-refractivity contribution in [1.82, 2.24) is 9.97 Å². The Hall–Kier alpha value is -4.35. The second-order valence-electron chi connectivity index (χ2n) is 8.47. The van der Waals surface area contributed by atoms with Crippen molar-refractivity contribution in [3.8, 4) is 22.3 Å². The molecule has 0 spiro atoms. The van der Waals surface area contributed by atoms with E-state index < -0.39 is 0 Å². The van der Waals surface area contributed by atoms with Crippen molar-refractivity contribution in [2.75, 3.05) is 0 Å². The Labute approximate surface area is 203 Å². The summed E-state index contributed by atoms with van der Waals surface area (Å²) in [7, 11) is 0. The number of hydrogen-bond donors (Lipinski definition) is 0. The molecule has 35 heavy (non-hydrogen) atoms. The zero-order valence-corrected chi connectivity index (χ0v) is 19.0. The van der Waals surface area contributed by atoms with Crippen LogP contribution in [-0.2, 0) is 29.3 Å². The van der Waals surface area contributed by atoms with E-state index in [0.717, 1.165) is 39.0 Å². The maximum Gasteiger partial charge on any atom is 0.338 e. The Morgan fingerprint density at radius 2 is 1.40 bits per heavy atom. The summed E-state index contributed by atoms with van der Waals surface area (Å²) in [4.78, 5) is 21.3. The lowest BCUT2D eigenvalue weighted by atomic mass is 9.99. The van der Waals surface area contributed by atoms with Gasteiger partial charge in [0.25, 0.3) is 0 Å². The number of aromatic nitrogens is 2. The number of ether oxygens (including phenoxy) is 2. The van der Waals surface area contributed by atoms with E-state index in [9.17, 15) is 4.79 Å². The molecule has 0 radical (unpaired) electrons. The fraction of sp³-hybridized carbons (Fsp3) is 0.100. The molecule has 0 fully saturated rings. The molecule has 0 aliphatic heterocycles. The molecule has 0 N–H and O–H groups in total. The lowest BCUT2D eigenvalue weighted by Crippen LogP contribution is -2.06. The summed E-state index contributed by atoms with van der Waals surface area (Å²) < 4.78 is 11.5. The highest BCUT2D eigenvalue weighted by Gasteiger charge is 2.24. The van der Waals surface area contributed by atoms with Crippen molar-refractivity contribution in [1.29, 1.82) is 0 Å². The number of carbonyl (C=O) groups excluding carboxylic acids is 1. The van der Waals surface area contributed by atoms with Gasteiger partial charge < -0.3 is 9.47 Å². The number of fused-ring (bicyclic) bond motifs is 3. The van der Waals surface area contributed by atoms with Crippen LogP contribution in [0, 0.1) is 0 Å². The number of rotatable bonds is 7. The third-order valence-electron chi connectivity index (χ3n) is 6.28. The Balaban J connectivity index is 1.26. The van der Waals surface area contributed by atoms with Gasteiger partial charge in [0.05, 0.1) is 30.2 Å². The largest absolute Gasteiger partial charge is 0.456 e. The Bertz CT molecular complexity index is 1530. The summed E-state index contributed by atoms with van der Waals surface area (Å²) in [6.45, 7) is 1.11. The smallest absolute Gasteiger partial charge is 0.338 e. The van der Waals surface area contributed by atoms with Crippen molar-refractivity contribution < 1.29 is 14.3 Å². The van der Waals surface area contributed by atoms with E-state index in [-0.39, 0.29) is 12.6 Å². The van der Waals surface area contributed by atoms with Crippen LogP contribution < -0.4 is 0 Å². The van der Waals surface area contributed by atoms with Crippen molar-refractivity contribution in [3.05, 3.63) is 120 Å². The van der Waals surface area contributed by atoms with Crippen molar-refractivity contribution in [3.63, 3.8) is 0 Å². The van der Waals surface area contributed by atoms with Gasteiger partial charge in [-0.1, -0.05) is 48.5 Å². The molecule has 5 aromatic rings. The molecule has 2 heterocycles. The fourth-order valence-corrected chi connectivity index (χ4v) is 4.63. The average Bonchev–Trinajstić information content (AvgIpc) is 3.24. The van der Waals surface area contributed by atoms with Crippen LogP contribution in [0.1, 0.15) is 27.3 Å². The summed E-state index contributed by atoms with van der Waals surface area (Å²) in [6, 6.07) is 27.7. The molecule has 0 atom stereocenters. The van der Waals surface area contributed by atoms with E-state index in [1.54, 1.807) is 12.4 Å². The molecule has 5 nitrogen and oxygen atoms in total. The number of pyridine rings is 2. The quantitative estimate of drug-likeness (QED) is 0.261. The number of hydrogen-bond acceptors (Lipinski definition) is 5. The maximum absolute atomic E-state index is 12.8. The van der Waals surface area contributed by atoms with Crippen LogP contribution in [0.4, 0.5) is 0 Å². The van der Waals surface area contributed by atoms with Gasteiger partial charge in [0.15, 0.2) is 0 Å². The highest BCUT2D eigenvalue weighted by molar-refractivity contribution is 6.16. The zero-order chi connectivity index (χ0) is 23.6. The number of carbonyl (C=O) groups is 1. The zero-order valence-electron chi connectivity index (χ0n) is 19.0. The average molecular weight is 459 g/mol. The summed E-state index contributed by atoms with van der Waals surface area (Å²) in [5, 5.41) is 2.36. The molecule has 0 saturated heterocycles. The highest BCUT2D eigenvalue weighted by atomic mass is 16.5. The predicted octanol–water partition coefficient (Wildman–Crippen LogP) is 6.35. The monoisotopic (exact) mass is 458 g/mol. The lowest BCUT2D eigenvalue weighted by Gasteiger charge is -2.10. The van der Waals surface area contributed by atoms with Crippen LogP contribution in [-0.4, -0.2) is 15.9 Å². The summed E-state index contributed by atoms with van der Waals surface area (Å²) >= 11 is 0. The van der Waals surface area contributed by atoms with Crippen LogP contribution in [0.15, 0.2) is 97.3 Å². The second kappa shape index (κ2) is 9.12. The first-order chi connectivity index (χ1) is 17.3. The van der Waals surface area contributed by atoms with E-state index in [1.165, 1.54) is 10.9 Å². The van der Waals surface area contributed by atoms with E-state index in [0.29, 0.717) is 18.8 Å². The van der Waals surface area contributed by atoms with Gasteiger partial charge in [-0.15, -0.1) is 0 Å². The van der Waals surface area contributed by atoms with Gasteiger partial charge >= 0.3 is 5.97 Å². The van der Waals surface area contributed by atoms with Gasteiger partial charge in [0.2, 0.25) is 0 Å². The molecule has 170 valence electrons. The van der Waals surface area contributed by atoms with Crippen LogP contribution in [0.3, 0.4) is 0 Å². The van der Waals surface area contributed by atoms with Gasteiger partial charge in [-0.3, -0.25) is 9.97 Å². The minimum atomic E-state index is -0.356. The minimum Gasteiger partial charge on any atom is -0.456 e. The molecule has 0 saturated carbocycles. The van der Waals surface area contributed by atoms with Crippen LogP contribution in [0.2, 0.25) is 0 Å². The molecule has 0 bridgehead atoms. The topological polar surface area (TPSA) is 61.3 Å². The minimum absolute atomic E-state index is 0.147. The standard InChI is InChI=1S/C30H22N2O3/c33-30(35-19-23-7-2-4-15-32-23)20-10-12-25-26-9-5-8-24-21(11-13-27(29(24)26)28(25)16-20)17-34-18-22-6-1-3-14-31-22/h1-16H,17-19H2. The summed E-state index contributed by atoms with van der Waals surface area (Å²) in [5.41, 5.74) is 7.76. The molecule has 2 aromatic heterocycles. The Morgan fingerprint density at radius 1 is 0.657 bits per heavy atom. The van der Waals surface area contributed by atoms with Crippen LogP contribution >= 0.6 is 0 Å². The number of benzene rings is 3.